The monoisotopic (exact) mass is 284 g/mol. The van der Waals surface area contributed by atoms with Crippen molar-refractivity contribution in [3.8, 4) is 0 Å². The van der Waals surface area contributed by atoms with Crippen LogP contribution in [0, 0.1) is 11.8 Å². The molecule has 1 aromatic carbocycles. The highest BCUT2D eigenvalue weighted by Crippen LogP contribution is 2.35. The lowest BCUT2D eigenvalue weighted by atomic mass is 9.74. The third-order valence-electron chi connectivity index (χ3n) is 3.92. The molecule has 1 aliphatic carbocycles. The van der Waals surface area contributed by atoms with Gasteiger partial charge in [0.15, 0.2) is 5.78 Å². The highest BCUT2D eigenvalue weighted by atomic mass is 35.5. The van der Waals surface area contributed by atoms with Crippen molar-refractivity contribution in [1.29, 1.82) is 0 Å². The Morgan fingerprint density at radius 1 is 1.17 bits per heavy atom. The molecule has 98 valence electrons. The molecule has 0 radical (unpaired) electrons. The normalized spacial score (nSPS) is 23.9. The molecule has 0 saturated heterocycles. The van der Waals surface area contributed by atoms with Gasteiger partial charge in [0.05, 0.1) is 0 Å². The van der Waals surface area contributed by atoms with Gasteiger partial charge in [0.25, 0.3) is 0 Å². The number of hydrogen-bond acceptors (Lipinski definition) is 1. The molecular formula is C15H18Cl2O. The van der Waals surface area contributed by atoms with Crippen molar-refractivity contribution in [2.45, 2.75) is 39.0 Å². The number of hydrogen-bond donors (Lipinski definition) is 0. The number of Topliss-reactive ketones (excluding diaryl/α,β-unsaturated/α-hetero) is 1. The predicted molar refractivity (Wildman–Crippen MR) is 76.5 cm³/mol. The summed E-state index contributed by atoms with van der Waals surface area (Å²) in [5.41, 5.74) is 0.665. The lowest BCUT2D eigenvalue weighted by Crippen LogP contribution is -2.27. The summed E-state index contributed by atoms with van der Waals surface area (Å²) in [6.45, 7) is 2.17. The molecule has 1 nitrogen and oxygen atoms in total. The number of benzene rings is 1. The maximum atomic E-state index is 12.6. The van der Waals surface area contributed by atoms with E-state index in [1.807, 2.05) is 0 Å². The van der Waals surface area contributed by atoms with Crippen LogP contribution in [0.15, 0.2) is 18.2 Å². The Morgan fingerprint density at radius 3 is 2.39 bits per heavy atom. The Kier molecular flexibility index (Phi) is 4.69. The van der Waals surface area contributed by atoms with Crippen molar-refractivity contribution in [3.05, 3.63) is 33.8 Å². The van der Waals surface area contributed by atoms with Gasteiger partial charge >= 0.3 is 0 Å². The van der Waals surface area contributed by atoms with Crippen LogP contribution in [-0.4, -0.2) is 5.78 Å². The van der Waals surface area contributed by atoms with Gasteiger partial charge in [0.1, 0.15) is 0 Å². The fourth-order valence-electron chi connectivity index (χ4n) is 2.95. The zero-order valence-corrected chi connectivity index (χ0v) is 12.1. The van der Waals surface area contributed by atoms with Crippen LogP contribution < -0.4 is 0 Å². The molecule has 0 bridgehead atoms. The van der Waals surface area contributed by atoms with Crippen molar-refractivity contribution in [3.63, 3.8) is 0 Å². The fraction of sp³-hybridized carbons (Fsp3) is 0.533. The SMILES string of the molecule is CCC1CCCCC1C(=O)c1cc(Cl)cc(Cl)c1. The minimum absolute atomic E-state index is 0.151. The van der Waals surface area contributed by atoms with Gasteiger partial charge in [0, 0.05) is 21.5 Å². The summed E-state index contributed by atoms with van der Waals surface area (Å²) in [5.74, 6) is 0.883. The average molecular weight is 285 g/mol. The average Bonchev–Trinajstić information content (AvgIpc) is 2.36. The third-order valence-corrected chi connectivity index (χ3v) is 4.35. The zero-order valence-electron chi connectivity index (χ0n) is 10.6. The second kappa shape index (κ2) is 6.08. The molecule has 1 aliphatic rings. The van der Waals surface area contributed by atoms with Gasteiger partial charge in [-0.15, -0.1) is 0 Å². The van der Waals surface area contributed by atoms with E-state index in [0.29, 0.717) is 21.5 Å². The fourth-order valence-corrected chi connectivity index (χ4v) is 3.48. The standard InChI is InChI=1S/C15H18Cl2O/c1-2-10-5-3-4-6-14(10)15(18)11-7-12(16)9-13(17)8-11/h7-10,14H,2-6H2,1H3. The molecule has 0 aliphatic heterocycles. The molecule has 18 heavy (non-hydrogen) atoms. The molecule has 2 atom stereocenters. The summed E-state index contributed by atoms with van der Waals surface area (Å²) in [5, 5.41) is 1.07. The van der Waals surface area contributed by atoms with E-state index in [2.05, 4.69) is 6.92 Å². The number of halogens is 2. The van der Waals surface area contributed by atoms with Crippen LogP contribution >= 0.6 is 23.2 Å². The van der Waals surface area contributed by atoms with Crippen molar-refractivity contribution in [2.24, 2.45) is 11.8 Å². The second-order valence-corrected chi connectivity index (χ2v) is 5.95. The van der Waals surface area contributed by atoms with Gasteiger partial charge in [0.2, 0.25) is 0 Å². The van der Waals surface area contributed by atoms with E-state index >= 15 is 0 Å². The summed E-state index contributed by atoms with van der Waals surface area (Å²) >= 11 is 11.9. The first-order valence-corrected chi connectivity index (χ1v) is 7.37. The van der Waals surface area contributed by atoms with Crippen molar-refractivity contribution in [2.75, 3.05) is 0 Å². The van der Waals surface area contributed by atoms with E-state index < -0.39 is 0 Å². The van der Waals surface area contributed by atoms with E-state index in [1.165, 1.54) is 12.8 Å². The van der Waals surface area contributed by atoms with E-state index in [9.17, 15) is 4.79 Å². The van der Waals surface area contributed by atoms with Crippen LogP contribution in [0.3, 0.4) is 0 Å². The molecule has 0 heterocycles. The van der Waals surface area contributed by atoms with Crippen molar-refractivity contribution >= 4 is 29.0 Å². The number of ketones is 1. The number of carbonyl (C=O) groups is 1. The Hall–Kier alpha value is -0.530. The molecule has 2 rings (SSSR count). The first-order chi connectivity index (χ1) is 8.61. The molecule has 1 aromatic rings. The zero-order chi connectivity index (χ0) is 13.1. The van der Waals surface area contributed by atoms with Crippen LogP contribution in [0.25, 0.3) is 0 Å². The predicted octanol–water partition coefficient (Wildman–Crippen LogP) is 5.39. The maximum Gasteiger partial charge on any atom is 0.166 e. The minimum atomic E-state index is 0.151. The van der Waals surface area contributed by atoms with Gasteiger partial charge in [-0.05, 0) is 37.0 Å². The molecule has 0 spiro atoms. The van der Waals surface area contributed by atoms with E-state index in [4.69, 9.17) is 23.2 Å². The topological polar surface area (TPSA) is 17.1 Å². The number of rotatable bonds is 3. The summed E-state index contributed by atoms with van der Waals surface area (Å²) in [6.07, 6.45) is 5.65. The molecular weight excluding hydrogens is 267 g/mol. The Labute approximate surface area is 118 Å². The highest BCUT2D eigenvalue weighted by Gasteiger charge is 2.30. The van der Waals surface area contributed by atoms with Crippen LogP contribution in [0.4, 0.5) is 0 Å². The third kappa shape index (κ3) is 3.07. The summed E-state index contributed by atoms with van der Waals surface area (Å²) < 4.78 is 0. The van der Waals surface area contributed by atoms with E-state index in [-0.39, 0.29) is 11.7 Å². The lowest BCUT2D eigenvalue weighted by Gasteiger charge is -2.29. The number of carbonyl (C=O) groups excluding carboxylic acids is 1. The van der Waals surface area contributed by atoms with E-state index in [1.54, 1.807) is 18.2 Å². The Balaban J connectivity index is 2.23. The minimum Gasteiger partial charge on any atom is -0.294 e. The largest absolute Gasteiger partial charge is 0.294 e. The van der Waals surface area contributed by atoms with Gasteiger partial charge in [-0.25, -0.2) is 0 Å². The summed E-state index contributed by atoms with van der Waals surface area (Å²) in [6, 6.07) is 5.13. The van der Waals surface area contributed by atoms with Crippen LogP contribution in [-0.2, 0) is 0 Å². The van der Waals surface area contributed by atoms with Gasteiger partial charge in [-0.1, -0.05) is 49.4 Å². The van der Waals surface area contributed by atoms with Crippen LogP contribution in [0.1, 0.15) is 49.4 Å². The highest BCUT2D eigenvalue weighted by molar-refractivity contribution is 6.35. The van der Waals surface area contributed by atoms with Gasteiger partial charge < -0.3 is 0 Å². The van der Waals surface area contributed by atoms with Crippen LogP contribution in [0.2, 0.25) is 10.0 Å². The molecule has 3 heteroatoms. The molecule has 0 amide bonds. The smallest absolute Gasteiger partial charge is 0.166 e. The molecule has 0 aromatic heterocycles. The lowest BCUT2D eigenvalue weighted by molar-refractivity contribution is 0.0820. The second-order valence-electron chi connectivity index (χ2n) is 5.08. The van der Waals surface area contributed by atoms with Crippen molar-refractivity contribution < 1.29 is 4.79 Å². The maximum absolute atomic E-state index is 12.6. The quantitative estimate of drug-likeness (QED) is 0.680. The molecule has 0 N–H and O–H groups in total. The van der Waals surface area contributed by atoms with Gasteiger partial charge in [-0.2, -0.15) is 0 Å². The Morgan fingerprint density at radius 2 is 1.78 bits per heavy atom. The summed E-state index contributed by atoms with van der Waals surface area (Å²) in [7, 11) is 0. The van der Waals surface area contributed by atoms with Crippen molar-refractivity contribution in [1.82, 2.24) is 0 Å². The van der Waals surface area contributed by atoms with Crippen LogP contribution in [0.5, 0.6) is 0 Å². The molecule has 2 unspecified atom stereocenters. The summed E-state index contributed by atoms with van der Waals surface area (Å²) in [4.78, 5) is 12.6. The van der Waals surface area contributed by atoms with E-state index in [0.717, 1.165) is 19.3 Å². The molecule has 1 saturated carbocycles. The first-order valence-electron chi connectivity index (χ1n) is 6.62. The Bertz CT molecular complexity index is 422. The first kappa shape index (κ1) is 13.9. The van der Waals surface area contributed by atoms with Gasteiger partial charge in [-0.3, -0.25) is 4.79 Å². The molecule has 1 fully saturated rings.